The Hall–Kier alpha value is -1.85. The van der Waals surface area contributed by atoms with Crippen LogP contribution in [0.4, 0.5) is 0 Å². The van der Waals surface area contributed by atoms with Gasteiger partial charge in [0.15, 0.2) is 0 Å². The SMILES string of the molecule is N#CC=C1c2ccccc2CC(Br)c2ccccc21. The lowest BCUT2D eigenvalue weighted by molar-refractivity contribution is 0.954. The molecule has 0 fully saturated rings. The molecule has 0 aliphatic heterocycles. The maximum absolute atomic E-state index is 9.09. The number of hydrogen-bond acceptors (Lipinski definition) is 1. The molecule has 2 aromatic rings. The number of nitriles is 1. The Morgan fingerprint density at radius 1 is 1.05 bits per heavy atom. The van der Waals surface area contributed by atoms with Crippen molar-refractivity contribution in [3.63, 3.8) is 0 Å². The van der Waals surface area contributed by atoms with Crippen LogP contribution in [-0.2, 0) is 6.42 Å². The highest BCUT2D eigenvalue weighted by Crippen LogP contribution is 2.40. The second-order valence-corrected chi connectivity index (χ2v) is 5.71. The van der Waals surface area contributed by atoms with Gasteiger partial charge in [0.05, 0.1) is 6.07 Å². The van der Waals surface area contributed by atoms with Crippen molar-refractivity contribution < 1.29 is 0 Å². The average Bonchev–Trinajstić information content (AvgIpc) is 2.56. The Bertz CT molecular complexity index is 694. The standard InChI is InChI=1S/C17H12BrN/c18-17-11-12-5-1-2-6-13(12)15(9-10-19)14-7-3-4-8-16(14)17/h1-9,17H,11H2. The van der Waals surface area contributed by atoms with Gasteiger partial charge in [-0.25, -0.2) is 0 Å². The Balaban J connectivity index is 2.33. The molecule has 0 saturated heterocycles. The number of alkyl halides is 1. The summed E-state index contributed by atoms with van der Waals surface area (Å²) in [6.07, 6.45) is 2.60. The van der Waals surface area contributed by atoms with Gasteiger partial charge in [0.1, 0.15) is 0 Å². The van der Waals surface area contributed by atoms with Gasteiger partial charge in [-0.2, -0.15) is 5.26 Å². The molecule has 92 valence electrons. The molecular formula is C17H12BrN. The summed E-state index contributed by atoms with van der Waals surface area (Å²) in [6, 6.07) is 18.8. The zero-order valence-electron chi connectivity index (χ0n) is 10.3. The quantitative estimate of drug-likeness (QED) is 0.514. The molecule has 0 N–H and O–H groups in total. The number of hydrogen-bond donors (Lipinski definition) is 0. The summed E-state index contributed by atoms with van der Waals surface area (Å²) >= 11 is 3.78. The van der Waals surface area contributed by atoms with Crippen molar-refractivity contribution in [1.29, 1.82) is 5.26 Å². The normalized spacial score (nSPS) is 19.2. The van der Waals surface area contributed by atoms with Crippen LogP contribution in [0, 0.1) is 11.3 Å². The van der Waals surface area contributed by atoms with Crippen LogP contribution in [0.2, 0.25) is 0 Å². The first kappa shape index (κ1) is 12.2. The molecule has 0 heterocycles. The van der Waals surface area contributed by atoms with E-state index in [1.54, 1.807) is 6.08 Å². The minimum Gasteiger partial charge on any atom is -0.193 e. The van der Waals surface area contributed by atoms with Gasteiger partial charge < -0.3 is 0 Å². The van der Waals surface area contributed by atoms with Crippen LogP contribution in [0.25, 0.3) is 5.57 Å². The smallest absolute Gasteiger partial charge is 0.0918 e. The van der Waals surface area contributed by atoms with Gasteiger partial charge >= 0.3 is 0 Å². The van der Waals surface area contributed by atoms with Crippen molar-refractivity contribution >= 4 is 21.5 Å². The second-order valence-electron chi connectivity index (χ2n) is 4.60. The highest BCUT2D eigenvalue weighted by Gasteiger charge is 2.22. The number of rotatable bonds is 0. The van der Waals surface area contributed by atoms with E-state index in [9.17, 15) is 0 Å². The molecule has 0 spiro atoms. The van der Waals surface area contributed by atoms with Crippen LogP contribution in [-0.4, -0.2) is 0 Å². The second kappa shape index (κ2) is 5.03. The van der Waals surface area contributed by atoms with E-state index >= 15 is 0 Å². The first-order valence-electron chi connectivity index (χ1n) is 6.22. The van der Waals surface area contributed by atoms with Gasteiger partial charge in [-0.05, 0) is 34.2 Å². The minimum absolute atomic E-state index is 0.287. The van der Waals surface area contributed by atoms with Gasteiger partial charge in [-0.3, -0.25) is 0 Å². The molecule has 0 radical (unpaired) electrons. The van der Waals surface area contributed by atoms with Crippen molar-refractivity contribution in [1.82, 2.24) is 0 Å². The summed E-state index contributed by atoms with van der Waals surface area (Å²) < 4.78 is 0. The molecule has 1 aliphatic rings. The predicted octanol–water partition coefficient (Wildman–Crippen LogP) is 4.63. The molecule has 1 nitrogen and oxygen atoms in total. The summed E-state index contributed by atoms with van der Waals surface area (Å²) in [5.41, 5.74) is 5.87. The maximum Gasteiger partial charge on any atom is 0.0918 e. The zero-order chi connectivity index (χ0) is 13.2. The van der Waals surface area contributed by atoms with Gasteiger partial charge in [0, 0.05) is 10.9 Å². The summed E-state index contributed by atoms with van der Waals surface area (Å²) in [7, 11) is 0. The number of fused-ring (bicyclic) bond motifs is 2. The van der Waals surface area contributed by atoms with Crippen molar-refractivity contribution in [3.8, 4) is 6.07 Å². The van der Waals surface area contributed by atoms with Crippen LogP contribution in [0.3, 0.4) is 0 Å². The number of nitrogens with zero attached hydrogens (tertiary/aromatic N) is 1. The number of allylic oxidation sites excluding steroid dienone is 1. The molecule has 0 amide bonds. The average molecular weight is 310 g/mol. The molecule has 0 saturated carbocycles. The first-order chi connectivity index (χ1) is 9.31. The molecule has 2 heteroatoms. The Labute approximate surface area is 121 Å². The molecule has 0 aromatic heterocycles. The van der Waals surface area contributed by atoms with Gasteiger partial charge in [-0.1, -0.05) is 64.5 Å². The first-order valence-corrected chi connectivity index (χ1v) is 7.14. The number of benzene rings is 2. The topological polar surface area (TPSA) is 23.8 Å². The van der Waals surface area contributed by atoms with E-state index < -0.39 is 0 Å². The van der Waals surface area contributed by atoms with Gasteiger partial charge in [0.25, 0.3) is 0 Å². The third-order valence-corrected chi connectivity index (χ3v) is 4.32. The molecule has 2 aromatic carbocycles. The lowest BCUT2D eigenvalue weighted by atomic mass is 9.94. The highest BCUT2D eigenvalue weighted by molar-refractivity contribution is 9.09. The lowest BCUT2D eigenvalue weighted by Crippen LogP contribution is -1.94. The number of halogens is 1. The van der Waals surface area contributed by atoms with Crippen LogP contribution >= 0.6 is 15.9 Å². The molecule has 1 aliphatic carbocycles. The molecule has 1 unspecified atom stereocenters. The van der Waals surface area contributed by atoms with E-state index in [4.69, 9.17) is 5.26 Å². The van der Waals surface area contributed by atoms with Gasteiger partial charge in [0.2, 0.25) is 0 Å². The fourth-order valence-electron chi connectivity index (χ4n) is 2.64. The van der Waals surface area contributed by atoms with E-state index in [1.165, 1.54) is 16.7 Å². The highest BCUT2D eigenvalue weighted by atomic mass is 79.9. The lowest BCUT2D eigenvalue weighted by Gasteiger charge is -2.11. The van der Waals surface area contributed by atoms with E-state index in [0.29, 0.717) is 0 Å². The third-order valence-electron chi connectivity index (χ3n) is 3.50. The zero-order valence-corrected chi connectivity index (χ0v) is 11.9. The van der Waals surface area contributed by atoms with Crippen LogP contribution < -0.4 is 0 Å². The summed E-state index contributed by atoms with van der Waals surface area (Å²) in [5, 5.41) is 9.09. The molecular weight excluding hydrogens is 298 g/mol. The van der Waals surface area contributed by atoms with Crippen molar-refractivity contribution in [3.05, 3.63) is 76.9 Å². The van der Waals surface area contributed by atoms with Crippen molar-refractivity contribution in [2.75, 3.05) is 0 Å². The minimum atomic E-state index is 0.287. The summed E-state index contributed by atoms with van der Waals surface area (Å²) in [6.45, 7) is 0. The molecule has 3 rings (SSSR count). The largest absolute Gasteiger partial charge is 0.193 e. The molecule has 19 heavy (non-hydrogen) atoms. The Morgan fingerprint density at radius 2 is 1.74 bits per heavy atom. The van der Waals surface area contributed by atoms with Crippen LogP contribution in [0.5, 0.6) is 0 Å². The van der Waals surface area contributed by atoms with Crippen molar-refractivity contribution in [2.24, 2.45) is 0 Å². The maximum atomic E-state index is 9.09. The fourth-order valence-corrected chi connectivity index (χ4v) is 3.39. The summed E-state index contributed by atoms with van der Waals surface area (Å²) in [4.78, 5) is 0.287. The Kier molecular flexibility index (Phi) is 3.23. The van der Waals surface area contributed by atoms with E-state index in [1.807, 2.05) is 18.2 Å². The third kappa shape index (κ3) is 2.11. The summed E-state index contributed by atoms with van der Waals surface area (Å²) in [5.74, 6) is 0. The van der Waals surface area contributed by atoms with Crippen LogP contribution in [0.1, 0.15) is 27.1 Å². The molecule has 0 bridgehead atoms. The van der Waals surface area contributed by atoms with Crippen molar-refractivity contribution in [2.45, 2.75) is 11.2 Å². The van der Waals surface area contributed by atoms with E-state index in [0.717, 1.165) is 17.6 Å². The monoisotopic (exact) mass is 309 g/mol. The van der Waals surface area contributed by atoms with E-state index in [-0.39, 0.29) is 4.83 Å². The van der Waals surface area contributed by atoms with Gasteiger partial charge in [-0.15, -0.1) is 0 Å². The Morgan fingerprint density at radius 3 is 2.53 bits per heavy atom. The van der Waals surface area contributed by atoms with Crippen LogP contribution in [0.15, 0.2) is 54.6 Å². The predicted molar refractivity (Wildman–Crippen MR) is 80.9 cm³/mol. The fraction of sp³-hybridized carbons (Fsp3) is 0.118. The molecule has 1 atom stereocenters. The van der Waals surface area contributed by atoms with E-state index in [2.05, 4.69) is 52.3 Å².